The molecule has 150 valence electrons. The molecule has 0 atom stereocenters. The van der Waals surface area contributed by atoms with Crippen molar-refractivity contribution in [3.63, 3.8) is 0 Å². The standard InChI is InChI=1S/C24H18N6O/c1-17-27-22-12-6-5-11-21(22)24(31)30(17)26-15-19-16-29(20-9-3-2-4-10-20)28-23(19)18-8-7-13-25-14-18/h2-16H,1H3. The predicted molar refractivity (Wildman–Crippen MR) is 121 cm³/mol. The monoisotopic (exact) mass is 406 g/mol. The second-order valence-corrected chi connectivity index (χ2v) is 6.99. The molecule has 0 amide bonds. The van der Waals surface area contributed by atoms with Gasteiger partial charge in [0.15, 0.2) is 0 Å². The van der Waals surface area contributed by atoms with E-state index in [4.69, 9.17) is 5.10 Å². The van der Waals surface area contributed by atoms with Crippen LogP contribution in [0.4, 0.5) is 0 Å². The zero-order chi connectivity index (χ0) is 21.2. The minimum atomic E-state index is -0.210. The van der Waals surface area contributed by atoms with Crippen LogP contribution in [0.3, 0.4) is 0 Å². The molecule has 31 heavy (non-hydrogen) atoms. The molecule has 0 aliphatic rings. The lowest BCUT2D eigenvalue weighted by atomic mass is 10.1. The van der Waals surface area contributed by atoms with Crippen LogP contribution in [-0.4, -0.2) is 30.6 Å². The van der Waals surface area contributed by atoms with Crippen molar-refractivity contribution < 1.29 is 0 Å². The van der Waals surface area contributed by atoms with E-state index >= 15 is 0 Å². The van der Waals surface area contributed by atoms with Crippen LogP contribution >= 0.6 is 0 Å². The third kappa shape index (κ3) is 3.53. The lowest BCUT2D eigenvalue weighted by molar-refractivity contribution is 0.771. The van der Waals surface area contributed by atoms with Crippen molar-refractivity contribution in [3.8, 4) is 16.9 Å². The predicted octanol–water partition coefficient (Wildman–Crippen LogP) is 3.83. The molecule has 0 aliphatic heterocycles. The first-order valence-electron chi connectivity index (χ1n) is 9.79. The van der Waals surface area contributed by atoms with Gasteiger partial charge in [0.1, 0.15) is 11.5 Å². The first-order valence-corrected chi connectivity index (χ1v) is 9.79. The fourth-order valence-corrected chi connectivity index (χ4v) is 3.41. The highest BCUT2D eigenvalue weighted by Crippen LogP contribution is 2.22. The Morgan fingerprint density at radius 3 is 2.58 bits per heavy atom. The van der Waals surface area contributed by atoms with Gasteiger partial charge in [-0.1, -0.05) is 30.3 Å². The topological polar surface area (TPSA) is 78.0 Å². The molecule has 0 radical (unpaired) electrons. The minimum Gasteiger partial charge on any atom is -0.267 e. The van der Waals surface area contributed by atoms with Crippen LogP contribution in [0.1, 0.15) is 11.4 Å². The van der Waals surface area contributed by atoms with Gasteiger partial charge >= 0.3 is 0 Å². The molecule has 0 N–H and O–H groups in total. The molecular formula is C24H18N6O. The molecule has 5 aromatic rings. The first-order chi connectivity index (χ1) is 15.2. The molecule has 2 aromatic carbocycles. The number of fused-ring (bicyclic) bond motifs is 1. The highest BCUT2D eigenvalue weighted by atomic mass is 16.1. The summed E-state index contributed by atoms with van der Waals surface area (Å²) in [6.45, 7) is 1.76. The number of rotatable bonds is 4. The molecular weight excluding hydrogens is 388 g/mol. The molecule has 0 saturated heterocycles. The Kier molecular flexibility index (Phi) is 4.68. The summed E-state index contributed by atoms with van der Waals surface area (Å²) in [5.41, 5.74) is 3.71. The Morgan fingerprint density at radius 2 is 1.77 bits per heavy atom. The number of nitrogens with zero attached hydrogens (tertiary/aromatic N) is 6. The highest BCUT2D eigenvalue weighted by molar-refractivity contribution is 5.88. The fraction of sp³-hybridized carbons (Fsp3) is 0.0417. The van der Waals surface area contributed by atoms with Crippen molar-refractivity contribution >= 4 is 17.1 Å². The van der Waals surface area contributed by atoms with E-state index in [1.54, 1.807) is 36.3 Å². The van der Waals surface area contributed by atoms with Crippen molar-refractivity contribution in [3.05, 3.63) is 107 Å². The lowest BCUT2D eigenvalue weighted by Gasteiger charge is -2.05. The zero-order valence-electron chi connectivity index (χ0n) is 16.8. The molecule has 7 nitrogen and oxygen atoms in total. The van der Waals surface area contributed by atoms with Gasteiger partial charge in [-0.3, -0.25) is 9.78 Å². The first kappa shape index (κ1) is 18.6. The molecule has 0 aliphatic carbocycles. The molecule has 0 bridgehead atoms. The lowest BCUT2D eigenvalue weighted by Crippen LogP contribution is -2.20. The summed E-state index contributed by atoms with van der Waals surface area (Å²) in [6, 6.07) is 20.9. The number of para-hydroxylation sites is 2. The van der Waals surface area contributed by atoms with Crippen molar-refractivity contribution in [2.45, 2.75) is 6.92 Å². The van der Waals surface area contributed by atoms with Gasteiger partial charge in [0, 0.05) is 29.7 Å². The summed E-state index contributed by atoms with van der Waals surface area (Å²) in [5.74, 6) is 0.512. The number of hydrogen-bond acceptors (Lipinski definition) is 5. The molecule has 0 saturated carbocycles. The van der Waals surface area contributed by atoms with Gasteiger partial charge < -0.3 is 0 Å². The van der Waals surface area contributed by atoms with Crippen LogP contribution in [0.15, 0.2) is 95.2 Å². The van der Waals surface area contributed by atoms with Crippen LogP contribution in [0.25, 0.3) is 27.8 Å². The maximum absolute atomic E-state index is 12.9. The third-order valence-corrected chi connectivity index (χ3v) is 4.93. The van der Waals surface area contributed by atoms with E-state index in [0.29, 0.717) is 16.7 Å². The minimum absolute atomic E-state index is 0.210. The fourth-order valence-electron chi connectivity index (χ4n) is 3.41. The third-order valence-electron chi connectivity index (χ3n) is 4.93. The van der Waals surface area contributed by atoms with E-state index in [0.717, 1.165) is 22.5 Å². The van der Waals surface area contributed by atoms with Crippen molar-refractivity contribution in [2.24, 2.45) is 5.10 Å². The quantitative estimate of drug-likeness (QED) is 0.425. The average molecular weight is 406 g/mol. The number of hydrogen-bond donors (Lipinski definition) is 0. The van der Waals surface area contributed by atoms with E-state index in [9.17, 15) is 4.79 Å². The van der Waals surface area contributed by atoms with Gasteiger partial charge in [-0.25, -0.2) is 9.67 Å². The SMILES string of the molecule is Cc1nc2ccccc2c(=O)n1N=Cc1cn(-c2ccccc2)nc1-c1cccnc1. The molecule has 0 unspecified atom stereocenters. The van der Waals surface area contributed by atoms with E-state index in [1.165, 1.54) is 4.68 Å². The Balaban J connectivity index is 1.64. The van der Waals surface area contributed by atoms with Gasteiger partial charge in [0.05, 0.1) is 22.8 Å². The van der Waals surface area contributed by atoms with Gasteiger partial charge in [-0.2, -0.15) is 14.9 Å². The molecule has 3 heterocycles. The second kappa shape index (κ2) is 7.79. The summed E-state index contributed by atoms with van der Waals surface area (Å²) in [6.07, 6.45) is 6.99. The Morgan fingerprint density at radius 1 is 0.968 bits per heavy atom. The largest absolute Gasteiger partial charge is 0.282 e. The van der Waals surface area contributed by atoms with Crippen molar-refractivity contribution in [2.75, 3.05) is 0 Å². The van der Waals surface area contributed by atoms with Gasteiger partial charge in [0.2, 0.25) is 0 Å². The van der Waals surface area contributed by atoms with E-state index in [1.807, 2.05) is 66.9 Å². The van der Waals surface area contributed by atoms with Crippen LogP contribution in [-0.2, 0) is 0 Å². The number of pyridine rings is 1. The summed E-state index contributed by atoms with van der Waals surface area (Å²) >= 11 is 0. The summed E-state index contributed by atoms with van der Waals surface area (Å²) in [5, 5.41) is 9.73. The Labute approximate surface area is 178 Å². The second-order valence-electron chi connectivity index (χ2n) is 6.99. The Hall–Kier alpha value is -4.39. The molecule has 7 heteroatoms. The number of aromatic nitrogens is 5. The van der Waals surface area contributed by atoms with Gasteiger partial charge in [0.25, 0.3) is 5.56 Å². The van der Waals surface area contributed by atoms with Crippen LogP contribution < -0.4 is 5.56 Å². The van der Waals surface area contributed by atoms with E-state index in [2.05, 4.69) is 15.1 Å². The van der Waals surface area contributed by atoms with Crippen molar-refractivity contribution in [1.82, 2.24) is 24.4 Å². The zero-order valence-corrected chi connectivity index (χ0v) is 16.8. The van der Waals surface area contributed by atoms with Gasteiger partial charge in [-0.15, -0.1) is 0 Å². The molecule has 5 rings (SSSR count). The maximum atomic E-state index is 12.9. The summed E-state index contributed by atoms with van der Waals surface area (Å²) in [7, 11) is 0. The van der Waals surface area contributed by atoms with E-state index < -0.39 is 0 Å². The van der Waals surface area contributed by atoms with Crippen molar-refractivity contribution in [1.29, 1.82) is 0 Å². The van der Waals surface area contributed by atoms with Crippen LogP contribution in [0.2, 0.25) is 0 Å². The molecule has 3 aromatic heterocycles. The number of benzene rings is 2. The maximum Gasteiger partial charge on any atom is 0.282 e. The van der Waals surface area contributed by atoms with Gasteiger partial charge in [-0.05, 0) is 43.3 Å². The van der Waals surface area contributed by atoms with Crippen LogP contribution in [0, 0.1) is 6.92 Å². The molecule has 0 spiro atoms. The summed E-state index contributed by atoms with van der Waals surface area (Å²) in [4.78, 5) is 21.6. The number of aryl methyl sites for hydroxylation is 1. The summed E-state index contributed by atoms with van der Waals surface area (Å²) < 4.78 is 3.10. The average Bonchev–Trinajstić information content (AvgIpc) is 3.24. The highest BCUT2D eigenvalue weighted by Gasteiger charge is 2.12. The normalized spacial score (nSPS) is 11.4. The Bertz CT molecular complexity index is 1450. The van der Waals surface area contributed by atoms with E-state index in [-0.39, 0.29) is 5.56 Å². The smallest absolute Gasteiger partial charge is 0.267 e. The molecule has 0 fully saturated rings. The van der Waals surface area contributed by atoms with Crippen LogP contribution in [0.5, 0.6) is 0 Å².